The van der Waals surface area contributed by atoms with Crippen LogP contribution in [0.25, 0.3) is 0 Å². The Hall–Kier alpha value is -1.44. The molecule has 0 spiro atoms. The van der Waals surface area contributed by atoms with E-state index in [9.17, 15) is 9.59 Å². The zero-order valence-corrected chi connectivity index (χ0v) is 25.9. The average Bonchev–Trinajstić information content (AvgIpc) is 2.95. The van der Waals surface area contributed by atoms with Gasteiger partial charge in [-0.25, -0.2) is 0 Å². The lowest BCUT2D eigenvalue weighted by Crippen LogP contribution is -2.37. The molecule has 0 amide bonds. The van der Waals surface area contributed by atoms with Gasteiger partial charge in [-0.3, -0.25) is 9.59 Å². The van der Waals surface area contributed by atoms with Crippen LogP contribution in [0.5, 0.6) is 0 Å². The highest BCUT2D eigenvalue weighted by atomic mass is 16.5. The maximum atomic E-state index is 11.8. The molecular formula is C32H61N3O4. The summed E-state index contributed by atoms with van der Waals surface area (Å²) in [5.41, 5.74) is 0.00734. The second kappa shape index (κ2) is 24.4. The number of ether oxygens (including phenoxy) is 2. The van der Waals surface area contributed by atoms with Crippen LogP contribution in [-0.2, 0) is 9.47 Å². The number of anilines is 2. The van der Waals surface area contributed by atoms with E-state index in [4.69, 9.17) is 9.47 Å². The van der Waals surface area contributed by atoms with Gasteiger partial charge in [0, 0.05) is 53.1 Å². The molecule has 0 bridgehead atoms. The standard InChI is InChI=1S/C32H61N3O4/c1-5-8-10-11-12-13-18-28(7-3)19-14-25-39-27-17-23-35(22-16-26-38-24-9-6-2)21-15-20-34-30-29(33-4)31(36)32(30)37/h28,33-34H,5-27H2,1-4H3. The fourth-order valence-corrected chi connectivity index (χ4v) is 5.12. The molecule has 0 heterocycles. The molecule has 7 heteroatoms. The Bertz CT molecular complexity index is 763. The van der Waals surface area contributed by atoms with Gasteiger partial charge >= 0.3 is 0 Å². The van der Waals surface area contributed by atoms with Crippen molar-refractivity contribution < 1.29 is 9.47 Å². The zero-order valence-electron chi connectivity index (χ0n) is 25.9. The summed E-state index contributed by atoms with van der Waals surface area (Å²) in [6.07, 6.45) is 18.7. The Morgan fingerprint density at radius 1 is 0.641 bits per heavy atom. The Balaban J connectivity index is 2.23. The first-order chi connectivity index (χ1) is 19.1. The van der Waals surface area contributed by atoms with Crippen molar-refractivity contribution in [3.8, 4) is 0 Å². The lowest BCUT2D eigenvalue weighted by molar-refractivity contribution is 0.103. The van der Waals surface area contributed by atoms with E-state index in [0.717, 1.165) is 84.1 Å². The minimum Gasteiger partial charge on any atom is -0.383 e. The van der Waals surface area contributed by atoms with Crippen LogP contribution in [0.2, 0.25) is 0 Å². The summed E-state index contributed by atoms with van der Waals surface area (Å²) in [5, 5.41) is 5.96. The van der Waals surface area contributed by atoms with Crippen molar-refractivity contribution in [2.24, 2.45) is 5.92 Å². The molecule has 0 aromatic heterocycles. The van der Waals surface area contributed by atoms with E-state index >= 15 is 0 Å². The van der Waals surface area contributed by atoms with Gasteiger partial charge in [-0.15, -0.1) is 0 Å². The van der Waals surface area contributed by atoms with Gasteiger partial charge in [-0.05, 0) is 51.0 Å². The molecule has 0 aliphatic rings. The van der Waals surface area contributed by atoms with Gasteiger partial charge in [0.2, 0.25) is 0 Å². The fraction of sp³-hybridized carbons (Fsp3) is 0.875. The quantitative estimate of drug-likeness (QED) is 0.0858. The third-order valence-electron chi connectivity index (χ3n) is 7.73. The highest BCUT2D eigenvalue weighted by Crippen LogP contribution is 2.20. The Morgan fingerprint density at radius 3 is 1.82 bits per heavy atom. The first-order valence-electron chi connectivity index (χ1n) is 16.2. The van der Waals surface area contributed by atoms with Gasteiger partial charge in [0.15, 0.2) is 0 Å². The summed E-state index contributed by atoms with van der Waals surface area (Å²) in [6.45, 7) is 13.8. The van der Waals surface area contributed by atoms with Crippen molar-refractivity contribution >= 4 is 11.4 Å². The van der Waals surface area contributed by atoms with Gasteiger partial charge < -0.3 is 25.0 Å². The van der Waals surface area contributed by atoms with Crippen LogP contribution >= 0.6 is 0 Å². The molecule has 1 aromatic rings. The smallest absolute Gasteiger partial charge is 0.253 e. The van der Waals surface area contributed by atoms with Crippen LogP contribution in [0, 0.1) is 5.92 Å². The number of unbranched alkanes of at least 4 members (excludes halogenated alkanes) is 6. The Labute approximate surface area is 239 Å². The number of rotatable bonds is 29. The topological polar surface area (TPSA) is 79.9 Å². The van der Waals surface area contributed by atoms with Crippen molar-refractivity contribution in [3.05, 3.63) is 20.4 Å². The minimum absolute atomic E-state index is 0.408. The van der Waals surface area contributed by atoms with E-state index < -0.39 is 10.9 Å². The van der Waals surface area contributed by atoms with E-state index in [1.165, 1.54) is 64.2 Å². The molecule has 0 aliphatic heterocycles. The van der Waals surface area contributed by atoms with Gasteiger partial charge in [-0.2, -0.15) is 0 Å². The average molecular weight is 552 g/mol. The van der Waals surface area contributed by atoms with E-state index in [-0.39, 0.29) is 0 Å². The van der Waals surface area contributed by atoms with E-state index in [2.05, 4.69) is 36.3 Å². The van der Waals surface area contributed by atoms with Crippen molar-refractivity contribution in [1.82, 2.24) is 4.90 Å². The van der Waals surface area contributed by atoms with Gasteiger partial charge in [0.25, 0.3) is 10.9 Å². The predicted octanol–water partition coefficient (Wildman–Crippen LogP) is 6.60. The normalized spacial score (nSPS) is 12.4. The van der Waals surface area contributed by atoms with E-state index in [1.807, 2.05) is 0 Å². The highest BCUT2D eigenvalue weighted by Gasteiger charge is 2.18. The minimum atomic E-state index is -0.423. The summed E-state index contributed by atoms with van der Waals surface area (Å²) in [6, 6.07) is 0. The number of nitrogens with zero attached hydrogens (tertiary/aromatic N) is 1. The summed E-state index contributed by atoms with van der Waals surface area (Å²) >= 11 is 0. The molecule has 39 heavy (non-hydrogen) atoms. The molecule has 0 aliphatic carbocycles. The molecule has 228 valence electrons. The molecule has 7 nitrogen and oxygen atoms in total. The monoisotopic (exact) mass is 551 g/mol. The Morgan fingerprint density at radius 2 is 1.18 bits per heavy atom. The molecule has 0 radical (unpaired) electrons. The first kappa shape index (κ1) is 35.6. The molecule has 1 unspecified atom stereocenters. The van der Waals surface area contributed by atoms with Crippen molar-refractivity contribution in [2.45, 2.75) is 117 Å². The van der Waals surface area contributed by atoms with Gasteiger partial charge in [0.1, 0.15) is 11.4 Å². The van der Waals surface area contributed by atoms with Crippen molar-refractivity contribution in [2.75, 3.05) is 70.3 Å². The van der Waals surface area contributed by atoms with Crippen LogP contribution in [-0.4, -0.2) is 64.6 Å². The van der Waals surface area contributed by atoms with Crippen molar-refractivity contribution in [1.29, 1.82) is 0 Å². The molecule has 0 saturated carbocycles. The second-order valence-electron chi connectivity index (χ2n) is 11.0. The molecule has 1 aromatic carbocycles. The first-order valence-corrected chi connectivity index (χ1v) is 16.2. The van der Waals surface area contributed by atoms with Crippen LogP contribution in [0.3, 0.4) is 0 Å². The van der Waals surface area contributed by atoms with Crippen molar-refractivity contribution in [3.63, 3.8) is 0 Å². The lowest BCUT2D eigenvalue weighted by Gasteiger charge is -2.23. The highest BCUT2D eigenvalue weighted by molar-refractivity contribution is 5.73. The summed E-state index contributed by atoms with van der Waals surface area (Å²) in [5.74, 6) is 0.858. The van der Waals surface area contributed by atoms with Gasteiger partial charge in [-0.1, -0.05) is 78.6 Å². The SMILES string of the molecule is CCCCCCCCC(CC)CCCOCCCN(CCCNc1c(NC)c(=O)c1=O)CCCOCCCC. The number of nitrogens with one attached hydrogen (secondary N) is 2. The molecular weight excluding hydrogens is 490 g/mol. The Kier molecular flexibility index (Phi) is 22.2. The maximum Gasteiger partial charge on any atom is 0.253 e. The molecule has 1 atom stereocenters. The second-order valence-corrected chi connectivity index (χ2v) is 11.0. The van der Waals surface area contributed by atoms with E-state index in [0.29, 0.717) is 17.9 Å². The van der Waals surface area contributed by atoms with Gasteiger partial charge in [0.05, 0.1) is 0 Å². The number of hydrogen-bond donors (Lipinski definition) is 2. The molecule has 0 fully saturated rings. The van der Waals surface area contributed by atoms with Crippen LogP contribution in [0.4, 0.5) is 11.4 Å². The summed E-state index contributed by atoms with van der Waals surface area (Å²) in [4.78, 5) is 25.8. The van der Waals surface area contributed by atoms with Crippen LogP contribution in [0.15, 0.2) is 9.59 Å². The molecule has 2 N–H and O–H groups in total. The summed E-state index contributed by atoms with van der Waals surface area (Å²) < 4.78 is 11.7. The van der Waals surface area contributed by atoms with Crippen LogP contribution in [0.1, 0.15) is 117 Å². The third-order valence-corrected chi connectivity index (χ3v) is 7.73. The maximum absolute atomic E-state index is 11.8. The molecule has 1 rings (SSSR count). The fourth-order valence-electron chi connectivity index (χ4n) is 5.12. The summed E-state index contributed by atoms with van der Waals surface area (Å²) in [7, 11) is 1.67. The lowest BCUT2D eigenvalue weighted by atomic mass is 9.93. The number of hydrogen-bond acceptors (Lipinski definition) is 7. The van der Waals surface area contributed by atoms with Crippen LogP contribution < -0.4 is 21.5 Å². The van der Waals surface area contributed by atoms with E-state index in [1.54, 1.807) is 7.05 Å². The zero-order chi connectivity index (χ0) is 28.6. The predicted molar refractivity (Wildman–Crippen MR) is 167 cm³/mol. The third kappa shape index (κ3) is 16.4. The largest absolute Gasteiger partial charge is 0.383 e. The molecule has 0 saturated heterocycles.